The van der Waals surface area contributed by atoms with Crippen LogP contribution in [-0.4, -0.2) is 22.6 Å². The summed E-state index contributed by atoms with van der Waals surface area (Å²) in [6.07, 6.45) is 1.30. The van der Waals surface area contributed by atoms with Crippen LogP contribution in [0, 0.1) is 5.82 Å². The largest absolute Gasteiger partial charge is 0.478 e. The number of carbonyl (C=O) groups is 1. The third-order valence-electron chi connectivity index (χ3n) is 2.80. The number of hydrogen-bond acceptors (Lipinski definition) is 3. The molecule has 4 nitrogen and oxygen atoms in total. The van der Waals surface area contributed by atoms with Gasteiger partial charge in [-0.25, -0.2) is 14.2 Å². The number of anilines is 2. The lowest BCUT2D eigenvalue weighted by molar-refractivity contribution is 0.0697. The average molecular weight is 295 g/mol. The van der Waals surface area contributed by atoms with Crippen molar-refractivity contribution in [2.45, 2.75) is 6.92 Å². The van der Waals surface area contributed by atoms with Gasteiger partial charge in [-0.15, -0.1) is 0 Å². The summed E-state index contributed by atoms with van der Waals surface area (Å²) in [7, 11) is 0. The van der Waals surface area contributed by atoms with Crippen LogP contribution in [0.4, 0.5) is 15.9 Å². The van der Waals surface area contributed by atoms with E-state index in [1.54, 1.807) is 17.0 Å². The maximum atomic E-state index is 13.0. The summed E-state index contributed by atoms with van der Waals surface area (Å²) in [5, 5.41) is 9.15. The van der Waals surface area contributed by atoms with Crippen LogP contribution in [0.25, 0.3) is 0 Å². The highest BCUT2D eigenvalue weighted by Gasteiger charge is 2.15. The molecule has 0 saturated carbocycles. The zero-order valence-electron chi connectivity index (χ0n) is 10.7. The van der Waals surface area contributed by atoms with Gasteiger partial charge in [0.2, 0.25) is 0 Å². The molecule has 0 unspecified atom stereocenters. The Hall–Kier alpha value is -2.14. The second kappa shape index (κ2) is 5.88. The molecule has 0 atom stereocenters. The van der Waals surface area contributed by atoms with Gasteiger partial charge < -0.3 is 10.0 Å². The first-order valence-electron chi connectivity index (χ1n) is 5.95. The van der Waals surface area contributed by atoms with Crippen molar-refractivity contribution in [2.75, 3.05) is 11.4 Å². The van der Waals surface area contributed by atoms with Crippen molar-refractivity contribution in [2.24, 2.45) is 0 Å². The fraction of sp³-hybridized carbons (Fsp3) is 0.143. The fourth-order valence-electron chi connectivity index (χ4n) is 1.84. The quantitative estimate of drug-likeness (QED) is 0.933. The van der Waals surface area contributed by atoms with E-state index in [4.69, 9.17) is 16.7 Å². The lowest BCUT2D eigenvalue weighted by Crippen LogP contribution is -2.18. The number of carboxylic acids is 1. The zero-order valence-corrected chi connectivity index (χ0v) is 11.4. The highest BCUT2D eigenvalue weighted by Crippen LogP contribution is 2.26. The Bertz CT molecular complexity index is 632. The minimum Gasteiger partial charge on any atom is -0.478 e. The first-order valence-corrected chi connectivity index (χ1v) is 6.32. The predicted molar refractivity (Wildman–Crippen MR) is 75.3 cm³/mol. The van der Waals surface area contributed by atoms with Gasteiger partial charge in [0, 0.05) is 18.4 Å². The van der Waals surface area contributed by atoms with E-state index in [9.17, 15) is 9.18 Å². The van der Waals surface area contributed by atoms with E-state index in [0.717, 1.165) is 5.69 Å². The van der Waals surface area contributed by atoms with Gasteiger partial charge in [0.1, 0.15) is 11.6 Å². The predicted octanol–water partition coefficient (Wildman–Crippen LogP) is 3.73. The van der Waals surface area contributed by atoms with Crippen LogP contribution in [0.2, 0.25) is 5.02 Å². The Morgan fingerprint density at radius 2 is 2.05 bits per heavy atom. The van der Waals surface area contributed by atoms with Gasteiger partial charge in [-0.3, -0.25) is 0 Å². The maximum absolute atomic E-state index is 13.0. The van der Waals surface area contributed by atoms with Crippen LogP contribution in [-0.2, 0) is 0 Å². The third kappa shape index (κ3) is 2.88. The van der Waals surface area contributed by atoms with E-state index >= 15 is 0 Å². The molecule has 0 aliphatic heterocycles. The standard InChI is InChI=1S/C14H12ClFN2O2/c1-2-18(10-5-3-9(16)4-6-10)13-7-11(14(19)20)12(15)8-17-13/h3-8H,2H2,1H3,(H,19,20). The molecule has 2 rings (SSSR count). The number of aromatic nitrogens is 1. The second-order valence-corrected chi connectivity index (χ2v) is 4.46. The summed E-state index contributed by atoms with van der Waals surface area (Å²) in [5.41, 5.74) is 0.706. The van der Waals surface area contributed by atoms with Crippen molar-refractivity contribution in [1.29, 1.82) is 0 Å². The van der Waals surface area contributed by atoms with Crippen LogP contribution in [0.15, 0.2) is 36.5 Å². The van der Waals surface area contributed by atoms with E-state index in [0.29, 0.717) is 12.4 Å². The van der Waals surface area contributed by atoms with Crippen molar-refractivity contribution in [1.82, 2.24) is 4.98 Å². The van der Waals surface area contributed by atoms with Crippen molar-refractivity contribution in [3.63, 3.8) is 0 Å². The second-order valence-electron chi connectivity index (χ2n) is 4.05. The van der Waals surface area contributed by atoms with Gasteiger partial charge >= 0.3 is 5.97 Å². The number of pyridine rings is 1. The smallest absolute Gasteiger partial charge is 0.337 e. The molecule has 1 aromatic carbocycles. The Morgan fingerprint density at radius 3 is 2.60 bits per heavy atom. The Labute approximate surface area is 120 Å². The van der Waals surface area contributed by atoms with Crippen LogP contribution in [0.1, 0.15) is 17.3 Å². The number of halogens is 2. The molecule has 104 valence electrons. The first kappa shape index (κ1) is 14.3. The molecule has 0 spiro atoms. The zero-order chi connectivity index (χ0) is 14.7. The van der Waals surface area contributed by atoms with Gasteiger partial charge in [-0.1, -0.05) is 11.6 Å². The Balaban J connectivity index is 2.44. The van der Waals surface area contributed by atoms with E-state index in [-0.39, 0.29) is 16.4 Å². The van der Waals surface area contributed by atoms with Crippen LogP contribution >= 0.6 is 11.6 Å². The number of hydrogen-bond donors (Lipinski definition) is 1. The lowest BCUT2D eigenvalue weighted by atomic mass is 10.2. The minimum atomic E-state index is -1.12. The number of carboxylic acid groups (broad SMARTS) is 1. The molecule has 20 heavy (non-hydrogen) atoms. The average Bonchev–Trinajstić information content (AvgIpc) is 2.43. The summed E-state index contributed by atoms with van der Waals surface area (Å²) < 4.78 is 13.0. The molecule has 0 aliphatic carbocycles. The summed E-state index contributed by atoms with van der Waals surface area (Å²) in [4.78, 5) is 17.0. The molecule has 0 aliphatic rings. The van der Waals surface area contributed by atoms with Gasteiger partial charge in [0.15, 0.2) is 0 Å². The minimum absolute atomic E-state index is 0.0165. The molecule has 0 bridgehead atoms. The van der Waals surface area contributed by atoms with E-state index < -0.39 is 5.97 Å². The van der Waals surface area contributed by atoms with Crippen molar-refractivity contribution < 1.29 is 14.3 Å². The molecule has 0 saturated heterocycles. The summed E-state index contributed by atoms with van der Waals surface area (Å²) in [6.45, 7) is 2.44. The summed E-state index contributed by atoms with van der Waals surface area (Å²) in [6, 6.07) is 7.29. The van der Waals surface area contributed by atoms with Crippen LogP contribution < -0.4 is 4.90 Å². The molecular weight excluding hydrogens is 283 g/mol. The maximum Gasteiger partial charge on any atom is 0.337 e. The van der Waals surface area contributed by atoms with Gasteiger partial charge in [-0.05, 0) is 37.3 Å². The van der Waals surface area contributed by atoms with Crippen molar-refractivity contribution in [3.8, 4) is 0 Å². The molecule has 0 radical (unpaired) electrons. The molecule has 1 N–H and O–H groups in total. The van der Waals surface area contributed by atoms with E-state index in [1.807, 2.05) is 6.92 Å². The number of nitrogens with zero attached hydrogens (tertiary/aromatic N) is 2. The topological polar surface area (TPSA) is 53.4 Å². The molecule has 1 heterocycles. The van der Waals surface area contributed by atoms with Crippen LogP contribution in [0.3, 0.4) is 0 Å². The lowest BCUT2D eigenvalue weighted by Gasteiger charge is -2.22. The van der Waals surface area contributed by atoms with Crippen molar-refractivity contribution in [3.05, 3.63) is 52.9 Å². The monoisotopic (exact) mass is 294 g/mol. The summed E-state index contributed by atoms with van der Waals surface area (Å²) >= 11 is 5.79. The van der Waals surface area contributed by atoms with Gasteiger partial charge in [0.05, 0.1) is 10.6 Å². The number of benzene rings is 1. The third-order valence-corrected chi connectivity index (χ3v) is 3.10. The SMILES string of the molecule is CCN(c1ccc(F)cc1)c1cc(C(=O)O)c(Cl)cn1. The van der Waals surface area contributed by atoms with E-state index in [1.165, 1.54) is 24.4 Å². The van der Waals surface area contributed by atoms with Crippen molar-refractivity contribution >= 4 is 29.1 Å². The fourth-order valence-corrected chi connectivity index (χ4v) is 2.02. The molecule has 0 amide bonds. The molecule has 6 heteroatoms. The van der Waals surface area contributed by atoms with Gasteiger partial charge in [0.25, 0.3) is 0 Å². The molecule has 2 aromatic rings. The highest BCUT2D eigenvalue weighted by atomic mass is 35.5. The molecular formula is C14H12ClFN2O2. The number of rotatable bonds is 4. The van der Waals surface area contributed by atoms with Crippen LogP contribution in [0.5, 0.6) is 0 Å². The highest BCUT2D eigenvalue weighted by molar-refractivity contribution is 6.33. The normalized spacial score (nSPS) is 10.3. The Kier molecular flexibility index (Phi) is 4.20. The van der Waals surface area contributed by atoms with Gasteiger partial charge in [-0.2, -0.15) is 0 Å². The summed E-state index contributed by atoms with van der Waals surface area (Å²) in [5.74, 6) is -1.00. The molecule has 0 fully saturated rings. The molecule has 1 aromatic heterocycles. The first-order chi connectivity index (χ1) is 9.52. The number of aromatic carboxylic acids is 1. The Morgan fingerprint density at radius 1 is 1.40 bits per heavy atom. The van der Waals surface area contributed by atoms with E-state index in [2.05, 4.69) is 4.98 Å².